The second-order valence-electron chi connectivity index (χ2n) is 10.7. The first kappa shape index (κ1) is 25.8. The van der Waals surface area contributed by atoms with Crippen LogP contribution in [0.15, 0.2) is 24.4 Å². The van der Waals surface area contributed by atoms with Gasteiger partial charge in [0.25, 0.3) is 6.47 Å². The van der Waals surface area contributed by atoms with E-state index in [1.54, 1.807) is 22.7 Å². The lowest BCUT2D eigenvalue weighted by atomic mass is 10.00. The van der Waals surface area contributed by atoms with Crippen LogP contribution in [0.2, 0.25) is 0 Å². The zero-order valence-electron chi connectivity index (χ0n) is 22.3. The van der Waals surface area contributed by atoms with Crippen molar-refractivity contribution in [3.8, 4) is 5.75 Å². The molecule has 1 saturated heterocycles. The van der Waals surface area contributed by atoms with Gasteiger partial charge in [0.2, 0.25) is 0 Å². The van der Waals surface area contributed by atoms with Crippen molar-refractivity contribution in [2.75, 3.05) is 48.4 Å². The van der Waals surface area contributed by atoms with Gasteiger partial charge in [-0.05, 0) is 58.2 Å². The predicted molar refractivity (Wildman–Crippen MR) is 146 cm³/mol. The van der Waals surface area contributed by atoms with E-state index >= 15 is 0 Å². The number of hydrogen-bond acceptors (Lipinski definition) is 7. The maximum absolute atomic E-state index is 13.5. The first-order chi connectivity index (χ1) is 18.2. The van der Waals surface area contributed by atoms with E-state index in [1.807, 2.05) is 19.1 Å². The molecule has 3 aromatic heterocycles. The van der Waals surface area contributed by atoms with E-state index < -0.39 is 0 Å². The van der Waals surface area contributed by atoms with Gasteiger partial charge in [-0.2, -0.15) is 5.10 Å². The Bertz CT molecular complexity index is 1370. The molecule has 3 aromatic rings. The Kier molecular flexibility index (Phi) is 6.87. The molecular formula is C27H35N7O4. The number of methoxy groups -OCH3 is 1. The quantitative estimate of drug-likeness (QED) is 0.446. The summed E-state index contributed by atoms with van der Waals surface area (Å²) in [6.07, 6.45) is 4.95. The lowest BCUT2D eigenvalue weighted by Gasteiger charge is -2.41. The molecule has 202 valence electrons. The fourth-order valence-electron chi connectivity index (χ4n) is 5.36. The van der Waals surface area contributed by atoms with Gasteiger partial charge < -0.3 is 25.4 Å². The molecule has 2 amide bonds. The second-order valence-corrected chi connectivity index (χ2v) is 10.7. The molecule has 2 fully saturated rings. The van der Waals surface area contributed by atoms with E-state index in [-0.39, 0.29) is 18.0 Å². The van der Waals surface area contributed by atoms with Gasteiger partial charge in [0.1, 0.15) is 5.82 Å². The Balaban J connectivity index is 0.000000937. The fourth-order valence-corrected chi connectivity index (χ4v) is 5.36. The summed E-state index contributed by atoms with van der Waals surface area (Å²) in [5, 5.41) is 18.0. The smallest absolute Gasteiger partial charge is 0.327 e. The fraction of sp³-hybridized carbons (Fsp3) is 0.481. The molecule has 0 atom stereocenters. The summed E-state index contributed by atoms with van der Waals surface area (Å²) in [7, 11) is 1.60. The van der Waals surface area contributed by atoms with Crippen molar-refractivity contribution < 1.29 is 19.4 Å². The molecule has 2 aliphatic heterocycles. The second kappa shape index (κ2) is 10.1. The Labute approximate surface area is 221 Å². The molecule has 0 radical (unpaired) electrons. The minimum Gasteiger partial charge on any atom is -0.493 e. The normalized spacial score (nSPS) is 18.0. The van der Waals surface area contributed by atoms with E-state index in [9.17, 15) is 4.79 Å². The van der Waals surface area contributed by atoms with Crippen molar-refractivity contribution >= 4 is 35.2 Å². The highest BCUT2D eigenvalue weighted by Gasteiger charge is 2.36. The average molecular weight is 522 g/mol. The number of piperazine rings is 1. The number of carbonyl (C=O) groups is 2. The molecule has 1 aliphatic carbocycles. The van der Waals surface area contributed by atoms with Crippen LogP contribution < -0.4 is 25.2 Å². The van der Waals surface area contributed by atoms with Gasteiger partial charge in [0.15, 0.2) is 5.75 Å². The van der Waals surface area contributed by atoms with E-state index in [2.05, 4.69) is 40.5 Å². The molecule has 11 heteroatoms. The molecule has 0 bridgehead atoms. The number of aryl methyl sites for hydroxylation is 1. The summed E-state index contributed by atoms with van der Waals surface area (Å²) in [6.45, 7) is 9.63. The number of ether oxygens (including phenoxy) is 1. The van der Waals surface area contributed by atoms with E-state index in [0.717, 1.165) is 48.8 Å². The Morgan fingerprint density at radius 1 is 1.26 bits per heavy atom. The summed E-state index contributed by atoms with van der Waals surface area (Å²) >= 11 is 0. The number of nitrogens with one attached hydrogen (secondary N) is 2. The summed E-state index contributed by atoms with van der Waals surface area (Å²) in [4.78, 5) is 31.2. The van der Waals surface area contributed by atoms with Crippen LogP contribution in [0, 0.1) is 6.92 Å². The van der Waals surface area contributed by atoms with Gasteiger partial charge in [-0.3, -0.25) is 9.69 Å². The summed E-state index contributed by atoms with van der Waals surface area (Å²) < 4.78 is 7.31. The van der Waals surface area contributed by atoms with Crippen LogP contribution >= 0.6 is 0 Å². The van der Waals surface area contributed by atoms with Gasteiger partial charge in [0, 0.05) is 54.6 Å². The number of urea groups is 1. The van der Waals surface area contributed by atoms with E-state index in [4.69, 9.17) is 19.6 Å². The largest absolute Gasteiger partial charge is 0.493 e. The maximum Gasteiger partial charge on any atom is 0.327 e. The predicted octanol–water partition coefficient (Wildman–Crippen LogP) is 3.41. The third kappa shape index (κ3) is 5.10. The first-order valence-corrected chi connectivity index (χ1v) is 13.0. The number of pyridine rings is 2. The average Bonchev–Trinajstić information content (AvgIpc) is 3.53. The topological polar surface area (TPSA) is 124 Å². The highest BCUT2D eigenvalue weighted by atomic mass is 16.5. The monoisotopic (exact) mass is 521 g/mol. The molecule has 3 N–H and O–H groups in total. The molecular weight excluding hydrogens is 486 g/mol. The van der Waals surface area contributed by atoms with Crippen LogP contribution in [-0.4, -0.2) is 71.0 Å². The first-order valence-electron chi connectivity index (χ1n) is 13.0. The minimum atomic E-state index is -0.250. The minimum absolute atomic E-state index is 0.0467. The van der Waals surface area contributed by atoms with Crippen molar-refractivity contribution in [2.45, 2.75) is 51.5 Å². The van der Waals surface area contributed by atoms with Crippen molar-refractivity contribution in [1.82, 2.24) is 19.9 Å². The lowest BCUT2D eigenvalue weighted by Crippen LogP contribution is -2.57. The molecule has 1 saturated carbocycles. The summed E-state index contributed by atoms with van der Waals surface area (Å²) in [6, 6.07) is 5.98. The Morgan fingerprint density at radius 2 is 2.03 bits per heavy atom. The maximum atomic E-state index is 13.5. The van der Waals surface area contributed by atoms with E-state index in [1.165, 1.54) is 24.1 Å². The number of nitrogens with zero attached hydrogens (tertiary/aromatic N) is 5. The third-order valence-electron chi connectivity index (χ3n) is 7.24. The van der Waals surface area contributed by atoms with Gasteiger partial charge in [-0.1, -0.05) is 0 Å². The van der Waals surface area contributed by atoms with Crippen LogP contribution in [-0.2, 0) is 11.2 Å². The molecule has 6 rings (SSSR count). The number of aromatic nitrogens is 3. The number of amides is 2. The van der Waals surface area contributed by atoms with Crippen LogP contribution in [0.1, 0.15) is 49.6 Å². The Hall–Kier alpha value is -3.86. The van der Waals surface area contributed by atoms with Gasteiger partial charge in [-0.25, -0.2) is 14.3 Å². The molecule has 38 heavy (non-hydrogen) atoms. The van der Waals surface area contributed by atoms with Crippen molar-refractivity contribution in [1.29, 1.82) is 0 Å². The SMILES string of the molecule is COc1cn2nc(C)cc2cc1NC(=O)N1CCc2c(N3CCNC(C)(C)C3)cc(C3CC3)nc21.O=CO. The van der Waals surface area contributed by atoms with Crippen LogP contribution in [0.4, 0.5) is 22.0 Å². The molecule has 0 unspecified atom stereocenters. The highest BCUT2D eigenvalue weighted by Crippen LogP contribution is 2.44. The number of carbonyl (C=O) groups excluding carboxylic acids is 1. The van der Waals surface area contributed by atoms with Crippen LogP contribution in [0.25, 0.3) is 5.52 Å². The number of hydrogen-bond donors (Lipinski definition) is 3. The van der Waals surface area contributed by atoms with Gasteiger partial charge in [-0.15, -0.1) is 0 Å². The Morgan fingerprint density at radius 3 is 2.71 bits per heavy atom. The zero-order valence-corrected chi connectivity index (χ0v) is 22.3. The van der Waals surface area contributed by atoms with Crippen LogP contribution in [0.3, 0.4) is 0 Å². The number of carboxylic acid groups (broad SMARTS) is 1. The molecule has 0 spiro atoms. The van der Waals surface area contributed by atoms with Gasteiger partial charge in [0.05, 0.1) is 30.2 Å². The van der Waals surface area contributed by atoms with Gasteiger partial charge >= 0.3 is 6.03 Å². The lowest BCUT2D eigenvalue weighted by molar-refractivity contribution is -0.122. The van der Waals surface area contributed by atoms with Crippen molar-refractivity contribution in [2.24, 2.45) is 0 Å². The molecule has 0 aromatic carbocycles. The van der Waals surface area contributed by atoms with Crippen molar-refractivity contribution in [3.05, 3.63) is 41.3 Å². The molecule has 11 nitrogen and oxygen atoms in total. The third-order valence-corrected chi connectivity index (χ3v) is 7.24. The summed E-state index contributed by atoms with van der Waals surface area (Å²) in [5.74, 6) is 1.88. The molecule has 3 aliphatic rings. The molecule has 5 heterocycles. The van der Waals surface area contributed by atoms with E-state index in [0.29, 0.717) is 23.9 Å². The number of anilines is 3. The number of rotatable bonds is 4. The van der Waals surface area contributed by atoms with Crippen molar-refractivity contribution in [3.63, 3.8) is 0 Å². The van der Waals surface area contributed by atoms with Crippen LogP contribution in [0.5, 0.6) is 5.75 Å². The zero-order chi connectivity index (χ0) is 27.0. The number of fused-ring (bicyclic) bond motifs is 2. The standard InChI is InChI=1S/C26H33N7O2.CH2O2/c1-16-11-18-12-21(23(35-4)14-33(18)30-16)29-25(34)32-9-7-19-22(31-10-8-27-26(2,3)15-31)13-20(17-5-6-17)28-24(19)32;2-1-3/h11-14,17,27H,5-10,15H2,1-4H3,(H,29,34);1H,(H,2,3). The highest BCUT2D eigenvalue weighted by molar-refractivity contribution is 6.04. The summed E-state index contributed by atoms with van der Waals surface area (Å²) in [5.41, 5.74) is 6.02.